The number of fused-ring (bicyclic) bond motifs is 1. The molecule has 0 aliphatic rings. The number of aromatic amines is 1. The molecular formula is C20H15ClF3N5O. The van der Waals surface area contributed by atoms with Crippen LogP contribution in [-0.4, -0.2) is 24.5 Å². The fraction of sp³-hybridized carbons (Fsp3) is 0.200. The Morgan fingerprint density at radius 3 is 2.53 bits per heavy atom. The minimum absolute atomic E-state index is 0.187. The van der Waals surface area contributed by atoms with E-state index in [1.54, 1.807) is 35.9 Å². The van der Waals surface area contributed by atoms with Gasteiger partial charge < -0.3 is 9.55 Å². The van der Waals surface area contributed by atoms with E-state index in [1.165, 1.54) is 6.20 Å². The molecule has 0 saturated carbocycles. The first kappa shape index (κ1) is 20.1. The number of nitrogens with one attached hydrogen (secondary N) is 1. The van der Waals surface area contributed by atoms with Crippen molar-refractivity contribution in [2.75, 3.05) is 0 Å². The molecule has 154 valence electrons. The number of imidazole rings is 1. The third-order valence-corrected chi connectivity index (χ3v) is 4.91. The lowest BCUT2D eigenvalue weighted by atomic mass is 10.1. The third kappa shape index (κ3) is 3.93. The number of benzene rings is 1. The van der Waals surface area contributed by atoms with Crippen LogP contribution in [0, 0.1) is 0 Å². The number of hydrogen-bond donors (Lipinski definition) is 1. The molecule has 3 aromatic heterocycles. The lowest BCUT2D eigenvalue weighted by Gasteiger charge is -2.08. The number of nitrogens with zero attached hydrogens (tertiary/aromatic N) is 4. The van der Waals surface area contributed by atoms with Gasteiger partial charge in [-0.2, -0.15) is 13.2 Å². The molecule has 0 bridgehead atoms. The van der Waals surface area contributed by atoms with Crippen LogP contribution in [0.1, 0.15) is 17.0 Å². The fourth-order valence-corrected chi connectivity index (χ4v) is 3.26. The Bertz CT molecular complexity index is 1280. The van der Waals surface area contributed by atoms with E-state index in [1.807, 2.05) is 0 Å². The molecule has 3 heterocycles. The number of rotatable bonds is 4. The van der Waals surface area contributed by atoms with Crippen molar-refractivity contribution in [3.05, 3.63) is 75.1 Å². The minimum atomic E-state index is -4.46. The van der Waals surface area contributed by atoms with Crippen molar-refractivity contribution in [3.8, 4) is 11.4 Å². The molecule has 0 unspecified atom stereocenters. The van der Waals surface area contributed by atoms with Gasteiger partial charge in [0.05, 0.1) is 5.56 Å². The van der Waals surface area contributed by atoms with Crippen LogP contribution in [0.5, 0.6) is 0 Å². The predicted octanol–water partition coefficient (Wildman–Crippen LogP) is 4.18. The second-order valence-electron chi connectivity index (χ2n) is 6.77. The second-order valence-corrected chi connectivity index (χ2v) is 7.20. The van der Waals surface area contributed by atoms with Crippen molar-refractivity contribution in [2.45, 2.75) is 19.0 Å². The molecule has 0 amide bonds. The zero-order chi connectivity index (χ0) is 21.5. The van der Waals surface area contributed by atoms with Crippen molar-refractivity contribution in [3.63, 3.8) is 0 Å². The summed E-state index contributed by atoms with van der Waals surface area (Å²) in [5, 5.41) is 0.583. The summed E-state index contributed by atoms with van der Waals surface area (Å²) >= 11 is 5.92. The molecule has 0 saturated heterocycles. The first-order valence-corrected chi connectivity index (χ1v) is 9.33. The summed E-state index contributed by atoms with van der Waals surface area (Å²) < 4.78 is 40.2. The first-order valence-electron chi connectivity index (χ1n) is 8.95. The second kappa shape index (κ2) is 7.56. The average Bonchev–Trinajstić information content (AvgIpc) is 3.04. The highest BCUT2D eigenvalue weighted by atomic mass is 35.5. The van der Waals surface area contributed by atoms with Crippen LogP contribution in [0.25, 0.3) is 22.6 Å². The van der Waals surface area contributed by atoms with Gasteiger partial charge in [-0.25, -0.2) is 9.97 Å². The maximum absolute atomic E-state index is 12.9. The van der Waals surface area contributed by atoms with Crippen LogP contribution in [0.2, 0.25) is 5.02 Å². The van der Waals surface area contributed by atoms with Gasteiger partial charge in [0.2, 0.25) is 0 Å². The highest BCUT2D eigenvalue weighted by Gasteiger charge is 2.31. The topological polar surface area (TPSA) is 76.5 Å². The predicted molar refractivity (Wildman–Crippen MR) is 106 cm³/mol. The Labute approximate surface area is 173 Å². The molecule has 30 heavy (non-hydrogen) atoms. The summed E-state index contributed by atoms with van der Waals surface area (Å²) in [6, 6.07) is 8.08. The standard InChI is InChI=1S/C20H15ClF3N5O/c1-29-17(12-3-5-14(21)6-4-12)28-16-18(29)26-15(27-19(16)30)7-2-11-8-13(10-25-9-11)20(22,23)24/h3-6,8-10H,2,7H2,1H3,(H,26,27,30). The molecule has 0 spiro atoms. The number of H-pyrrole nitrogens is 1. The molecule has 4 rings (SSSR count). The number of aromatic nitrogens is 5. The van der Waals surface area contributed by atoms with E-state index in [2.05, 4.69) is 19.9 Å². The summed E-state index contributed by atoms with van der Waals surface area (Å²) in [4.78, 5) is 27.7. The molecule has 0 atom stereocenters. The van der Waals surface area contributed by atoms with Crippen molar-refractivity contribution < 1.29 is 13.2 Å². The highest BCUT2D eigenvalue weighted by molar-refractivity contribution is 6.30. The van der Waals surface area contributed by atoms with Crippen LogP contribution in [0.4, 0.5) is 13.2 Å². The van der Waals surface area contributed by atoms with Crippen LogP contribution in [0.3, 0.4) is 0 Å². The van der Waals surface area contributed by atoms with Crippen LogP contribution in [0.15, 0.2) is 47.5 Å². The van der Waals surface area contributed by atoms with E-state index in [0.29, 0.717) is 27.9 Å². The minimum Gasteiger partial charge on any atom is -0.312 e. The Hall–Kier alpha value is -3.20. The largest absolute Gasteiger partial charge is 0.417 e. The smallest absolute Gasteiger partial charge is 0.312 e. The molecule has 0 aliphatic heterocycles. The van der Waals surface area contributed by atoms with Gasteiger partial charge >= 0.3 is 6.18 Å². The van der Waals surface area contributed by atoms with Crippen molar-refractivity contribution in [1.82, 2.24) is 24.5 Å². The summed E-state index contributed by atoms with van der Waals surface area (Å²) in [5.74, 6) is 0.912. The molecule has 1 N–H and O–H groups in total. The molecule has 1 aromatic carbocycles. The summed E-state index contributed by atoms with van der Waals surface area (Å²) in [5.41, 5.74) is 0.534. The van der Waals surface area contributed by atoms with Gasteiger partial charge in [0.15, 0.2) is 11.2 Å². The molecule has 0 radical (unpaired) electrons. The zero-order valence-corrected chi connectivity index (χ0v) is 16.4. The highest BCUT2D eigenvalue weighted by Crippen LogP contribution is 2.29. The maximum Gasteiger partial charge on any atom is 0.417 e. The van der Waals surface area contributed by atoms with Crippen molar-refractivity contribution in [1.29, 1.82) is 0 Å². The number of halogens is 4. The van der Waals surface area contributed by atoms with E-state index in [9.17, 15) is 18.0 Å². The molecule has 10 heteroatoms. The van der Waals surface area contributed by atoms with Crippen molar-refractivity contribution in [2.24, 2.45) is 7.05 Å². The van der Waals surface area contributed by atoms with Gasteiger partial charge in [0, 0.05) is 36.4 Å². The average molecular weight is 434 g/mol. The first-order chi connectivity index (χ1) is 14.2. The summed E-state index contributed by atoms with van der Waals surface area (Å²) in [6.07, 6.45) is -1.82. The molecular weight excluding hydrogens is 419 g/mol. The van der Waals surface area contributed by atoms with E-state index in [-0.39, 0.29) is 18.4 Å². The Morgan fingerprint density at radius 1 is 1.10 bits per heavy atom. The zero-order valence-electron chi connectivity index (χ0n) is 15.7. The lowest BCUT2D eigenvalue weighted by Crippen LogP contribution is -2.13. The quantitative estimate of drug-likeness (QED) is 0.524. The van der Waals surface area contributed by atoms with Crippen LogP contribution >= 0.6 is 11.6 Å². The van der Waals surface area contributed by atoms with Crippen LogP contribution < -0.4 is 5.56 Å². The van der Waals surface area contributed by atoms with Gasteiger partial charge in [0.25, 0.3) is 5.56 Å². The van der Waals surface area contributed by atoms with Gasteiger partial charge in [-0.05, 0) is 42.3 Å². The van der Waals surface area contributed by atoms with E-state index in [0.717, 1.165) is 17.8 Å². The van der Waals surface area contributed by atoms with Gasteiger partial charge in [-0.3, -0.25) is 9.78 Å². The number of alkyl halides is 3. The van der Waals surface area contributed by atoms with Crippen molar-refractivity contribution >= 4 is 22.8 Å². The van der Waals surface area contributed by atoms with E-state index in [4.69, 9.17) is 11.6 Å². The number of pyridine rings is 1. The maximum atomic E-state index is 12.9. The number of hydrogen-bond acceptors (Lipinski definition) is 4. The molecule has 0 fully saturated rings. The SMILES string of the molecule is Cn1c(-c2ccc(Cl)cc2)nc2c(=O)[nH]c(CCc3cncc(C(F)(F)F)c3)nc21. The van der Waals surface area contributed by atoms with Crippen LogP contribution in [-0.2, 0) is 26.1 Å². The van der Waals surface area contributed by atoms with E-state index >= 15 is 0 Å². The molecule has 4 aromatic rings. The fourth-order valence-electron chi connectivity index (χ4n) is 3.13. The lowest BCUT2D eigenvalue weighted by molar-refractivity contribution is -0.137. The van der Waals surface area contributed by atoms with Gasteiger partial charge in [0.1, 0.15) is 11.6 Å². The molecule has 6 nitrogen and oxygen atoms in total. The normalized spacial score (nSPS) is 11.9. The van der Waals surface area contributed by atoms with Gasteiger partial charge in [-0.1, -0.05) is 11.6 Å². The Morgan fingerprint density at radius 2 is 1.83 bits per heavy atom. The molecule has 0 aliphatic carbocycles. The summed E-state index contributed by atoms with van der Waals surface area (Å²) in [7, 11) is 1.74. The Balaban J connectivity index is 1.64. The summed E-state index contributed by atoms with van der Waals surface area (Å²) in [6.45, 7) is 0. The third-order valence-electron chi connectivity index (χ3n) is 4.65. The Kier molecular flexibility index (Phi) is 5.07. The van der Waals surface area contributed by atoms with E-state index < -0.39 is 17.3 Å². The number of aryl methyl sites for hydroxylation is 3. The van der Waals surface area contributed by atoms with Gasteiger partial charge in [-0.15, -0.1) is 0 Å². The monoisotopic (exact) mass is 433 g/mol.